The standard InChI is InChI=1S/C10H15NO2/c12-8-4-2-1-3-5-11-6-9-13-10-7-11/h8H,1-2,4,6-7,9-10H2. The van der Waals surface area contributed by atoms with E-state index in [4.69, 9.17) is 4.74 Å². The molecule has 0 aromatic carbocycles. The predicted octanol–water partition coefficient (Wildman–Crippen LogP) is 0.649. The number of ether oxygens (including phenoxy) is 1. The van der Waals surface area contributed by atoms with Gasteiger partial charge in [0.15, 0.2) is 0 Å². The summed E-state index contributed by atoms with van der Waals surface area (Å²) in [6.07, 6.45) is 3.26. The van der Waals surface area contributed by atoms with Gasteiger partial charge in [0.2, 0.25) is 0 Å². The number of nitrogens with zero attached hydrogens (tertiary/aromatic N) is 1. The van der Waals surface area contributed by atoms with Crippen molar-refractivity contribution in [1.29, 1.82) is 0 Å². The monoisotopic (exact) mass is 181 g/mol. The van der Waals surface area contributed by atoms with Crippen LogP contribution in [-0.2, 0) is 9.53 Å². The first-order chi connectivity index (χ1) is 6.43. The largest absolute Gasteiger partial charge is 0.378 e. The Morgan fingerprint density at radius 2 is 2.15 bits per heavy atom. The number of unbranched alkanes of at least 4 members (excludes halogenated alkanes) is 2. The van der Waals surface area contributed by atoms with Crippen LogP contribution in [0.4, 0.5) is 0 Å². The molecule has 72 valence electrons. The second kappa shape index (κ2) is 6.50. The molecule has 0 aliphatic carbocycles. The van der Waals surface area contributed by atoms with E-state index in [9.17, 15) is 4.79 Å². The van der Waals surface area contributed by atoms with E-state index in [0.717, 1.165) is 45.4 Å². The summed E-state index contributed by atoms with van der Waals surface area (Å²) >= 11 is 0. The van der Waals surface area contributed by atoms with Gasteiger partial charge in [0, 0.05) is 32.0 Å². The van der Waals surface area contributed by atoms with E-state index >= 15 is 0 Å². The minimum atomic E-state index is 0.623. The van der Waals surface area contributed by atoms with Crippen LogP contribution in [0.5, 0.6) is 0 Å². The number of hydrogen-bond acceptors (Lipinski definition) is 3. The van der Waals surface area contributed by atoms with Crippen LogP contribution in [0.3, 0.4) is 0 Å². The van der Waals surface area contributed by atoms with Gasteiger partial charge in [-0.2, -0.15) is 0 Å². The number of aldehydes is 1. The highest BCUT2D eigenvalue weighted by Crippen LogP contribution is 1.95. The lowest BCUT2D eigenvalue weighted by atomic mass is 10.2. The molecule has 1 aliphatic rings. The Labute approximate surface area is 79.1 Å². The molecule has 1 heterocycles. The zero-order valence-corrected chi connectivity index (χ0v) is 7.79. The molecular weight excluding hydrogens is 166 g/mol. The molecule has 0 amide bonds. The fourth-order valence-electron chi connectivity index (χ4n) is 1.12. The topological polar surface area (TPSA) is 29.5 Å². The van der Waals surface area contributed by atoms with Gasteiger partial charge < -0.3 is 14.4 Å². The van der Waals surface area contributed by atoms with Crippen LogP contribution in [0.25, 0.3) is 0 Å². The third-order valence-corrected chi connectivity index (χ3v) is 1.87. The third kappa shape index (κ3) is 4.54. The number of carbonyl (C=O) groups is 1. The molecule has 3 heteroatoms. The summed E-state index contributed by atoms with van der Waals surface area (Å²) in [4.78, 5) is 12.1. The van der Waals surface area contributed by atoms with E-state index in [1.54, 1.807) is 0 Å². The van der Waals surface area contributed by atoms with Crippen LogP contribution in [0.1, 0.15) is 19.3 Å². The van der Waals surface area contributed by atoms with Crippen LogP contribution >= 0.6 is 0 Å². The third-order valence-electron chi connectivity index (χ3n) is 1.87. The molecule has 0 atom stereocenters. The first-order valence-corrected chi connectivity index (χ1v) is 4.68. The zero-order chi connectivity index (χ0) is 9.36. The van der Waals surface area contributed by atoms with Crippen LogP contribution in [-0.4, -0.2) is 37.5 Å². The number of hydrogen-bond donors (Lipinski definition) is 0. The van der Waals surface area contributed by atoms with Gasteiger partial charge in [-0.1, -0.05) is 5.92 Å². The Balaban J connectivity index is 2.09. The Bertz CT molecular complexity index is 199. The molecule has 0 unspecified atom stereocenters. The van der Waals surface area contributed by atoms with Crippen LogP contribution in [0.2, 0.25) is 0 Å². The number of rotatable bonds is 3. The number of carbonyl (C=O) groups excluding carboxylic acids is 1. The summed E-state index contributed by atoms with van der Waals surface area (Å²) in [7, 11) is 0. The molecule has 0 aromatic heterocycles. The highest BCUT2D eigenvalue weighted by atomic mass is 16.5. The van der Waals surface area contributed by atoms with E-state index in [1.165, 1.54) is 0 Å². The van der Waals surface area contributed by atoms with Gasteiger partial charge >= 0.3 is 0 Å². The Morgan fingerprint density at radius 3 is 2.85 bits per heavy atom. The van der Waals surface area contributed by atoms with E-state index in [-0.39, 0.29) is 0 Å². The Hall–Kier alpha value is -1.01. The quantitative estimate of drug-likeness (QED) is 0.364. The van der Waals surface area contributed by atoms with Crippen molar-refractivity contribution < 1.29 is 9.53 Å². The van der Waals surface area contributed by atoms with Crippen LogP contribution < -0.4 is 0 Å². The molecule has 3 nitrogen and oxygen atoms in total. The first kappa shape index (κ1) is 10.1. The van der Waals surface area contributed by atoms with Gasteiger partial charge in [-0.15, -0.1) is 0 Å². The summed E-state index contributed by atoms with van der Waals surface area (Å²) in [5, 5.41) is 0. The lowest BCUT2D eigenvalue weighted by Crippen LogP contribution is -2.32. The van der Waals surface area contributed by atoms with Crippen molar-refractivity contribution in [3.8, 4) is 12.0 Å². The van der Waals surface area contributed by atoms with Gasteiger partial charge in [-0.3, -0.25) is 0 Å². The second-order valence-corrected chi connectivity index (χ2v) is 2.95. The SMILES string of the molecule is O=CCCCC#CN1CCOCC1. The Morgan fingerprint density at radius 1 is 1.38 bits per heavy atom. The van der Waals surface area contributed by atoms with Crippen molar-refractivity contribution in [2.45, 2.75) is 19.3 Å². The Kier molecular flexibility index (Phi) is 5.04. The normalized spacial score (nSPS) is 16.2. The zero-order valence-electron chi connectivity index (χ0n) is 7.79. The van der Waals surface area contributed by atoms with Crippen LogP contribution in [0.15, 0.2) is 0 Å². The molecule has 1 rings (SSSR count). The molecule has 0 bridgehead atoms. The first-order valence-electron chi connectivity index (χ1n) is 4.68. The number of morpholine rings is 1. The lowest BCUT2D eigenvalue weighted by Gasteiger charge is -2.22. The average molecular weight is 181 g/mol. The molecule has 0 aromatic rings. The van der Waals surface area contributed by atoms with Crippen molar-refractivity contribution >= 4 is 6.29 Å². The summed E-state index contributed by atoms with van der Waals surface area (Å²) in [5.74, 6) is 3.05. The minimum Gasteiger partial charge on any atom is -0.378 e. The maximum atomic E-state index is 9.99. The molecule has 13 heavy (non-hydrogen) atoms. The molecule has 0 N–H and O–H groups in total. The molecule has 1 fully saturated rings. The highest BCUT2D eigenvalue weighted by molar-refractivity contribution is 5.49. The average Bonchev–Trinajstić information content (AvgIpc) is 2.19. The van der Waals surface area contributed by atoms with Crippen molar-refractivity contribution in [1.82, 2.24) is 4.90 Å². The highest BCUT2D eigenvalue weighted by Gasteiger charge is 2.04. The summed E-state index contributed by atoms with van der Waals surface area (Å²) in [6, 6.07) is 3.07. The smallest absolute Gasteiger partial charge is 0.120 e. The summed E-state index contributed by atoms with van der Waals surface area (Å²) in [6.45, 7) is 3.37. The maximum absolute atomic E-state index is 9.99. The van der Waals surface area contributed by atoms with E-state index in [2.05, 4.69) is 16.9 Å². The van der Waals surface area contributed by atoms with Crippen LogP contribution in [0, 0.1) is 12.0 Å². The molecule has 0 radical (unpaired) electrons. The van der Waals surface area contributed by atoms with Gasteiger partial charge in [0.25, 0.3) is 0 Å². The molecule has 0 saturated carbocycles. The molecular formula is C10H15NO2. The van der Waals surface area contributed by atoms with Crippen molar-refractivity contribution in [2.24, 2.45) is 0 Å². The summed E-state index contributed by atoms with van der Waals surface area (Å²) in [5.41, 5.74) is 0. The van der Waals surface area contributed by atoms with Crippen molar-refractivity contribution in [2.75, 3.05) is 26.3 Å². The van der Waals surface area contributed by atoms with E-state index < -0.39 is 0 Å². The maximum Gasteiger partial charge on any atom is 0.120 e. The van der Waals surface area contributed by atoms with Gasteiger partial charge in [-0.25, -0.2) is 0 Å². The fraction of sp³-hybridized carbons (Fsp3) is 0.700. The van der Waals surface area contributed by atoms with Crippen molar-refractivity contribution in [3.63, 3.8) is 0 Å². The fourth-order valence-corrected chi connectivity index (χ4v) is 1.12. The van der Waals surface area contributed by atoms with Gasteiger partial charge in [0.1, 0.15) is 6.29 Å². The van der Waals surface area contributed by atoms with E-state index in [0.29, 0.717) is 6.42 Å². The van der Waals surface area contributed by atoms with Gasteiger partial charge in [-0.05, 0) is 6.42 Å². The molecule has 1 saturated heterocycles. The minimum absolute atomic E-state index is 0.623. The molecule has 1 aliphatic heterocycles. The van der Waals surface area contributed by atoms with Gasteiger partial charge in [0.05, 0.1) is 13.2 Å². The van der Waals surface area contributed by atoms with E-state index in [1.807, 2.05) is 0 Å². The predicted molar refractivity (Wildman–Crippen MR) is 50.1 cm³/mol. The second-order valence-electron chi connectivity index (χ2n) is 2.95. The summed E-state index contributed by atoms with van der Waals surface area (Å²) < 4.78 is 5.19. The lowest BCUT2D eigenvalue weighted by molar-refractivity contribution is -0.107. The van der Waals surface area contributed by atoms with Crippen molar-refractivity contribution in [3.05, 3.63) is 0 Å². The molecule has 0 spiro atoms.